The Balaban J connectivity index is 2.15. The van der Waals surface area contributed by atoms with Crippen LogP contribution in [0.15, 0.2) is 48.0 Å². The van der Waals surface area contributed by atoms with Crippen molar-refractivity contribution in [1.29, 1.82) is 0 Å². The summed E-state index contributed by atoms with van der Waals surface area (Å²) in [5.41, 5.74) is 1.04. The third kappa shape index (κ3) is 2.94. The molecule has 0 spiro atoms. The van der Waals surface area contributed by atoms with Crippen molar-refractivity contribution in [1.82, 2.24) is 0 Å². The van der Waals surface area contributed by atoms with E-state index in [0.29, 0.717) is 0 Å². The van der Waals surface area contributed by atoms with Gasteiger partial charge in [0, 0.05) is 11.6 Å². The summed E-state index contributed by atoms with van der Waals surface area (Å²) >= 11 is 0. The Labute approximate surface area is 96.1 Å². The van der Waals surface area contributed by atoms with E-state index in [1.807, 2.05) is 49.4 Å². The number of benzene rings is 1. The van der Waals surface area contributed by atoms with E-state index in [9.17, 15) is 4.57 Å². The molecular formula is C13H15O2P. The average Bonchev–Trinajstić information content (AvgIpc) is 2.28. The lowest BCUT2D eigenvalue weighted by molar-refractivity contribution is 0.230. The molecule has 0 aliphatic carbocycles. The van der Waals surface area contributed by atoms with Crippen LogP contribution < -0.4 is 0 Å². The molecule has 1 aromatic rings. The maximum Gasteiger partial charge on any atom is 0.247 e. The second-order valence-corrected chi connectivity index (χ2v) is 6.01. The van der Waals surface area contributed by atoms with E-state index in [4.69, 9.17) is 4.52 Å². The summed E-state index contributed by atoms with van der Waals surface area (Å²) < 4.78 is 17.7. The number of hydrogen-bond acceptors (Lipinski definition) is 2. The van der Waals surface area contributed by atoms with Crippen molar-refractivity contribution in [3.05, 3.63) is 53.6 Å². The van der Waals surface area contributed by atoms with E-state index in [1.54, 1.807) is 11.6 Å². The van der Waals surface area contributed by atoms with Crippen molar-refractivity contribution < 1.29 is 9.09 Å². The maximum atomic E-state index is 12.2. The molecule has 1 aliphatic rings. The van der Waals surface area contributed by atoms with E-state index in [2.05, 4.69) is 0 Å². The van der Waals surface area contributed by atoms with Gasteiger partial charge in [-0.25, -0.2) is 0 Å². The summed E-state index contributed by atoms with van der Waals surface area (Å²) in [7, 11) is -2.70. The Morgan fingerprint density at radius 2 is 2.12 bits per heavy atom. The molecule has 0 saturated carbocycles. The lowest BCUT2D eigenvalue weighted by Crippen LogP contribution is -2.06. The summed E-state index contributed by atoms with van der Waals surface area (Å²) in [4.78, 5) is 0. The molecule has 0 amide bonds. The smallest absolute Gasteiger partial charge is 0.247 e. The highest BCUT2D eigenvalue weighted by Crippen LogP contribution is 2.54. The van der Waals surface area contributed by atoms with Crippen LogP contribution in [0.2, 0.25) is 0 Å². The van der Waals surface area contributed by atoms with Crippen molar-refractivity contribution in [3.8, 4) is 0 Å². The van der Waals surface area contributed by atoms with Gasteiger partial charge < -0.3 is 4.52 Å². The van der Waals surface area contributed by atoms with Crippen LogP contribution in [0.3, 0.4) is 0 Å². The van der Waals surface area contributed by atoms with Gasteiger partial charge in [0.2, 0.25) is 7.37 Å². The van der Waals surface area contributed by atoms with Gasteiger partial charge in [0.05, 0.1) is 6.10 Å². The topological polar surface area (TPSA) is 26.3 Å². The average molecular weight is 234 g/mol. The van der Waals surface area contributed by atoms with E-state index in [-0.39, 0.29) is 6.10 Å². The molecule has 3 heteroatoms. The normalized spacial score (nSPS) is 29.7. The molecular weight excluding hydrogens is 219 g/mol. The number of hydrogen-bond donors (Lipinski definition) is 0. The van der Waals surface area contributed by atoms with Crippen LogP contribution in [-0.4, -0.2) is 6.10 Å². The Bertz CT molecular complexity index is 448. The van der Waals surface area contributed by atoms with Crippen LogP contribution in [0.1, 0.15) is 18.9 Å². The standard InChI is InChI=1S/C13H15O2P/c1-12-6-5-10-16(14,15-12)11-9-13-7-3-2-4-8-13/h2-5,7-12H,6H2,1H3/b11-9+. The van der Waals surface area contributed by atoms with Gasteiger partial charge >= 0.3 is 0 Å². The summed E-state index contributed by atoms with van der Waals surface area (Å²) in [5.74, 6) is 3.36. The second-order valence-electron chi connectivity index (χ2n) is 3.91. The molecule has 1 aromatic carbocycles. The Morgan fingerprint density at radius 3 is 2.81 bits per heavy atom. The molecule has 0 radical (unpaired) electrons. The highest BCUT2D eigenvalue weighted by Gasteiger charge is 2.22. The first kappa shape index (κ1) is 11.4. The zero-order valence-corrected chi connectivity index (χ0v) is 10.1. The summed E-state index contributed by atoms with van der Waals surface area (Å²) in [5, 5.41) is 0. The van der Waals surface area contributed by atoms with E-state index < -0.39 is 7.37 Å². The van der Waals surface area contributed by atoms with Crippen LogP contribution >= 0.6 is 7.37 Å². The van der Waals surface area contributed by atoms with Gasteiger partial charge in [0.1, 0.15) is 0 Å². The van der Waals surface area contributed by atoms with Gasteiger partial charge in [-0.1, -0.05) is 36.4 Å². The first-order valence-corrected chi connectivity index (χ1v) is 7.14. The van der Waals surface area contributed by atoms with Crippen molar-refractivity contribution in [2.45, 2.75) is 19.4 Å². The predicted octanol–water partition coefficient (Wildman–Crippen LogP) is 4.26. The largest absolute Gasteiger partial charge is 0.319 e. The predicted molar refractivity (Wildman–Crippen MR) is 67.4 cm³/mol. The van der Waals surface area contributed by atoms with E-state index in [1.165, 1.54) is 0 Å². The molecule has 84 valence electrons. The Morgan fingerprint density at radius 1 is 1.38 bits per heavy atom. The highest BCUT2D eigenvalue weighted by molar-refractivity contribution is 7.65. The van der Waals surface area contributed by atoms with Gasteiger partial charge in [0.15, 0.2) is 0 Å². The van der Waals surface area contributed by atoms with E-state index in [0.717, 1.165) is 12.0 Å². The van der Waals surface area contributed by atoms with Crippen molar-refractivity contribution in [2.75, 3.05) is 0 Å². The van der Waals surface area contributed by atoms with Crippen LogP contribution in [-0.2, 0) is 9.09 Å². The number of rotatable bonds is 2. The zero-order valence-electron chi connectivity index (χ0n) is 9.24. The third-order valence-electron chi connectivity index (χ3n) is 2.40. The molecule has 2 atom stereocenters. The van der Waals surface area contributed by atoms with Crippen LogP contribution in [0.5, 0.6) is 0 Å². The molecule has 2 nitrogen and oxygen atoms in total. The van der Waals surface area contributed by atoms with Gasteiger partial charge in [-0.2, -0.15) is 0 Å². The lowest BCUT2D eigenvalue weighted by Gasteiger charge is -2.20. The fourth-order valence-corrected chi connectivity index (χ4v) is 3.28. The molecule has 0 saturated heterocycles. The SMILES string of the molecule is CC1CC=CP(=O)(/C=C/c2ccccc2)O1. The molecule has 0 fully saturated rings. The lowest BCUT2D eigenvalue weighted by atomic mass is 10.2. The quantitative estimate of drug-likeness (QED) is 0.715. The third-order valence-corrected chi connectivity index (χ3v) is 4.28. The fraction of sp³-hybridized carbons (Fsp3) is 0.231. The molecule has 1 aliphatic heterocycles. The molecule has 16 heavy (non-hydrogen) atoms. The highest BCUT2D eigenvalue weighted by atomic mass is 31.2. The van der Waals surface area contributed by atoms with Crippen molar-refractivity contribution >= 4 is 13.4 Å². The van der Waals surface area contributed by atoms with E-state index >= 15 is 0 Å². The first-order chi connectivity index (χ1) is 7.68. The minimum absolute atomic E-state index is 0.0382. The molecule has 2 rings (SSSR count). The molecule has 1 heterocycles. The van der Waals surface area contributed by atoms with Crippen LogP contribution in [0, 0.1) is 0 Å². The summed E-state index contributed by atoms with van der Waals surface area (Å²) in [6, 6.07) is 9.81. The molecule has 2 unspecified atom stereocenters. The zero-order chi connectivity index (χ0) is 11.4. The van der Waals surface area contributed by atoms with Gasteiger partial charge in [-0.3, -0.25) is 4.57 Å². The van der Waals surface area contributed by atoms with Gasteiger partial charge in [-0.15, -0.1) is 0 Å². The monoisotopic (exact) mass is 234 g/mol. The molecule has 0 bridgehead atoms. The van der Waals surface area contributed by atoms with Crippen LogP contribution in [0.4, 0.5) is 0 Å². The minimum atomic E-state index is -2.70. The van der Waals surface area contributed by atoms with Gasteiger partial charge in [0.25, 0.3) is 0 Å². The summed E-state index contributed by atoms with van der Waals surface area (Å²) in [6.45, 7) is 1.94. The Kier molecular flexibility index (Phi) is 3.42. The van der Waals surface area contributed by atoms with Crippen molar-refractivity contribution in [3.63, 3.8) is 0 Å². The van der Waals surface area contributed by atoms with Gasteiger partial charge in [-0.05, 0) is 25.0 Å². The Hall–Kier alpha value is -1.11. The molecule has 0 N–H and O–H groups in total. The van der Waals surface area contributed by atoms with Crippen molar-refractivity contribution in [2.24, 2.45) is 0 Å². The first-order valence-electron chi connectivity index (χ1n) is 5.38. The summed E-state index contributed by atoms with van der Waals surface area (Å²) in [6.07, 6.45) is 4.66. The second kappa shape index (κ2) is 4.82. The minimum Gasteiger partial charge on any atom is -0.319 e. The maximum absolute atomic E-state index is 12.2. The fourth-order valence-electron chi connectivity index (χ4n) is 1.60. The van der Waals surface area contributed by atoms with Crippen LogP contribution in [0.25, 0.3) is 6.08 Å². The molecule has 0 aromatic heterocycles.